The standard InChI is InChI=1S/C7H14N2O/c1-9-4-2-3-7(5-9)6-10-8/h3H,2,4-6,8H2,1H3. The molecule has 0 aromatic heterocycles. The van der Waals surface area contributed by atoms with Crippen LogP contribution in [-0.4, -0.2) is 31.6 Å². The summed E-state index contributed by atoms with van der Waals surface area (Å²) in [4.78, 5) is 6.79. The molecule has 1 aliphatic heterocycles. The molecule has 10 heavy (non-hydrogen) atoms. The zero-order valence-electron chi connectivity index (χ0n) is 6.34. The monoisotopic (exact) mass is 142 g/mol. The van der Waals surface area contributed by atoms with Crippen LogP contribution in [0.5, 0.6) is 0 Å². The van der Waals surface area contributed by atoms with Gasteiger partial charge in [0.15, 0.2) is 0 Å². The molecular formula is C7H14N2O. The van der Waals surface area contributed by atoms with Gasteiger partial charge in [0, 0.05) is 13.1 Å². The van der Waals surface area contributed by atoms with Gasteiger partial charge in [0.25, 0.3) is 0 Å². The Labute approximate surface area is 61.4 Å². The van der Waals surface area contributed by atoms with Crippen LogP contribution < -0.4 is 5.90 Å². The number of rotatable bonds is 2. The molecule has 3 nitrogen and oxygen atoms in total. The van der Waals surface area contributed by atoms with Crippen molar-refractivity contribution in [1.82, 2.24) is 4.90 Å². The Hall–Kier alpha value is -0.380. The first kappa shape index (κ1) is 7.72. The summed E-state index contributed by atoms with van der Waals surface area (Å²) in [6.07, 6.45) is 3.32. The lowest BCUT2D eigenvalue weighted by Gasteiger charge is -2.21. The third-order valence-electron chi connectivity index (χ3n) is 1.69. The molecule has 0 atom stereocenters. The molecule has 1 aliphatic rings. The summed E-state index contributed by atoms with van der Waals surface area (Å²) in [6.45, 7) is 2.72. The molecule has 0 saturated heterocycles. The Morgan fingerprint density at radius 1 is 1.80 bits per heavy atom. The van der Waals surface area contributed by atoms with Crippen LogP contribution in [0.4, 0.5) is 0 Å². The van der Waals surface area contributed by atoms with E-state index in [-0.39, 0.29) is 0 Å². The molecule has 58 valence electrons. The van der Waals surface area contributed by atoms with E-state index in [2.05, 4.69) is 22.9 Å². The summed E-state index contributed by atoms with van der Waals surface area (Å²) in [5, 5.41) is 0. The van der Waals surface area contributed by atoms with Crippen molar-refractivity contribution in [3.63, 3.8) is 0 Å². The molecule has 0 aromatic rings. The molecule has 0 spiro atoms. The Bertz CT molecular complexity index is 134. The van der Waals surface area contributed by atoms with E-state index in [0.717, 1.165) is 19.5 Å². The molecule has 2 N–H and O–H groups in total. The molecule has 0 saturated carbocycles. The molecular weight excluding hydrogens is 128 g/mol. The molecule has 0 bridgehead atoms. The van der Waals surface area contributed by atoms with Crippen LogP contribution in [0.2, 0.25) is 0 Å². The predicted molar refractivity (Wildman–Crippen MR) is 40.3 cm³/mol. The number of nitrogens with two attached hydrogens (primary N) is 1. The van der Waals surface area contributed by atoms with Crippen LogP contribution in [0.15, 0.2) is 11.6 Å². The summed E-state index contributed by atoms with van der Waals surface area (Å²) < 4.78 is 0. The van der Waals surface area contributed by atoms with E-state index in [4.69, 9.17) is 5.90 Å². The molecule has 0 fully saturated rings. The average Bonchev–Trinajstić information content (AvgIpc) is 1.88. The van der Waals surface area contributed by atoms with Gasteiger partial charge in [-0.15, -0.1) is 0 Å². The minimum atomic E-state index is 0.574. The molecule has 0 unspecified atom stereocenters. The van der Waals surface area contributed by atoms with Crippen molar-refractivity contribution in [2.45, 2.75) is 6.42 Å². The second kappa shape index (κ2) is 3.71. The van der Waals surface area contributed by atoms with Crippen molar-refractivity contribution >= 4 is 0 Å². The van der Waals surface area contributed by atoms with Crippen LogP contribution in [0.3, 0.4) is 0 Å². The van der Waals surface area contributed by atoms with E-state index in [1.807, 2.05) is 0 Å². The van der Waals surface area contributed by atoms with Gasteiger partial charge in [-0.05, 0) is 19.0 Å². The fraction of sp³-hybridized carbons (Fsp3) is 0.714. The summed E-state index contributed by atoms with van der Waals surface area (Å²) in [5.74, 6) is 4.95. The predicted octanol–water partition coefficient (Wildman–Crippen LogP) is 0.139. The SMILES string of the molecule is CN1CCC=C(CON)C1. The summed E-state index contributed by atoms with van der Waals surface area (Å²) >= 11 is 0. The van der Waals surface area contributed by atoms with Crippen LogP contribution in [-0.2, 0) is 4.84 Å². The van der Waals surface area contributed by atoms with E-state index in [1.54, 1.807) is 0 Å². The highest BCUT2D eigenvalue weighted by atomic mass is 16.6. The Kier molecular flexibility index (Phi) is 2.86. The van der Waals surface area contributed by atoms with Gasteiger partial charge in [-0.3, -0.25) is 0 Å². The zero-order chi connectivity index (χ0) is 7.40. The highest BCUT2D eigenvalue weighted by molar-refractivity contribution is 5.07. The summed E-state index contributed by atoms with van der Waals surface area (Å²) in [5.41, 5.74) is 1.29. The Morgan fingerprint density at radius 2 is 2.60 bits per heavy atom. The first-order valence-electron chi connectivity index (χ1n) is 3.51. The fourth-order valence-electron chi connectivity index (χ4n) is 1.19. The highest BCUT2D eigenvalue weighted by Crippen LogP contribution is 2.06. The molecule has 0 radical (unpaired) electrons. The highest BCUT2D eigenvalue weighted by Gasteiger charge is 2.06. The van der Waals surface area contributed by atoms with E-state index in [0.29, 0.717) is 6.61 Å². The lowest BCUT2D eigenvalue weighted by atomic mass is 10.1. The van der Waals surface area contributed by atoms with Crippen molar-refractivity contribution in [2.75, 3.05) is 26.7 Å². The van der Waals surface area contributed by atoms with Crippen molar-refractivity contribution in [3.05, 3.63) is 11.6 Å². The first-order valence-corrected chi connectivity index (χ1v) is 3.51. The normalized spacial score (nSPS) is 20.8. The topological polar surface area (TPSA) is 38.5 Å². The average molecular weight is 142 g/mol. The van der Waals surface area contributed by atoms with Crippen molar-refractivity contribution in [3.8, 4) is 0 Å². The van der Waals surface area contributed by atoms with Gasteiger partial charge in [0.05, 0.1) is 6.61 Å². The Morgan fingerprint density at radius 3 is 3.20 bits per heavy atom. The van der Waals surface area contributed by atoms with Gasteiger partial charge in [-0.2, -0.15) is 0 Å². The fourth-order valence-corrected chi connectivity index (χ4v) is 1.19. The van der Waals surface area contributed by atoms with Gasteiger partial charge in [0.1, 0.15) is 0 Å². The van der Waals surface area contributed by atoms with Gasteiger partial charge < -0.3 is 9.74 Å². The van der Waals surface area contributed by atoms with Crippen molar-refractivity contribution in [2.24, 2.45) is 5.90 Å². The van der Waals surface area contributed by atoms with Gasteiger partial charge in [-0.25, -0.2) is 5.90 Å². The van der Waals surface area contributed by atoms with Crippen molar-refractivity contribution < 1.29 is 4.84 Å². The van der Waals surface area contributed by atoms with E-state index in [1.165, 1.54) is 5.57 Å². The van der Waals surface area contributed by atoms with Gasteiger partial charge in [0.2, 0.25) is 0 Å². The van der Waals surface area contributed by atoms with Crippen molar-refractivity contribution in [1.29, 1.82) is 0 Å². The second-order valence-corrected chi connectivity index (χ2v) is 2.70. The van der Waals surface area contributed by atoms with Crippen LogP contribution in [0.1, 0.15) is 6.42 Å². The number of likely N-dealkylation sites (N-methyl/N-ethyl adjacent to an activating group) is 1. The number of nitrogens with zero attached hydrogens (tertiary/aromatic N) is 1. The molecule has 3 heteroatoms. The smallest absolute Gasteiger partial charge is 0.0902 e. The van der Waals surface area contributed by atoms with Crippen LogP contribution in [0, 0.1) is 0 Å². The van der Waals surface area contributed by atoms with Gasteiger partial charge in [-0.1, -0.05) is 6.08 Å². The Balaban J connectivity index is 2.36. The first-order chi connectivity index (χ1) is 4.83. The van der Waals surface area contributed by atoms with Crippen LogP contribution in [0.25, 0.3) is 0 Å². The maximum absolute atomic E-state index is 4.95. The largest absolute Gasteiger partial charge is 0.302 e. The van der Waals surface area contributed by atoms with Crippen LogP contribution >= 0.6 is 0 Å². The molecule has 0 aliphatic carbocycles. The second-order valence-electron chi connectivity index (χ2n) is 2.70. The molecule has 1 heterocycles. The van der Waals surface area contributed by atoms with E-state index >= 15 is 0 Å². The number of hydrogen-bond acceptors (Lipinski definition) is 3. The van der Waals surface area contributed by atoms with Gasteiger partial charge >= 0.3 is 0 Å². The third-order valence-corrected chi connectivity index (χ3v) is 1.69. The van der Waals surface area contributed by atoms with E-state index in [9.17, 15) is 0 Å². The quantitative estimate of drug-likeness (QED) is 0.440. The molecule has 0 amide bonds. The maximum Gasteiger partial charge on any atom is 0.0902 e. The van der Waals surface area contributed by atoms with E-state index < -0.39 is 0 Å². The summed E-state index contributed by atoms with van der Waals surface area (Å²) in [7, 11) is 2.10. The lowest BCUT2D eigenvalue weighted by Crippen LogP contribution is -2.27. The third kappa shape index (κ3) is 2.10. The lowest BCUT2D eigenvalue weighted by molar-refractivity contribution is 0.153. The molecule has 0 aromatic carbocycles. The minimum absolute atomic E-state index is 0.574. The zero-order valence-corrected chi connectivity index (χ0v) is 6.34. The molecule has 1 rings (SSSR count). The number of hydrogen-bond donors (Lipinski definition) is 1. The minimum Gasteiger partial charge on any atom is -0.302 e. The maximum atomic E-state index is 4.95. The summed E-state index contributed by atoms with van der Waals surface area (Å²) in [6, 6.07) is 0.